The van der Waals surface area contributed by atoms with E-state index in [9.17, 15) is 38.7 Å². The number of carbonyl (C=O) groups is 7. The Bertz CT molecular complexity index is 1570. The lowest BCUT2D eigenvalue weighted by Gasteiger charge is -2.26. The molecule has 3 rings (SSSR count). The van der Waals surface area contributed by atoms with Crippen LogP contribution in [0.25, 0.3) is 0 Å². The van der Waals surface area contributed by atoms with E-state index in [0.717, 1.165) is 5.56 Å². The van der Waals surface area contributed by atoms with E-state index in [0.29, 0.717) is 24.9 Å². The van der Waals surface area contributed by atoms with E-state index in [-0.39, 0.29) is 37.4 Å². The minimum absolute atomic E-state index is 0.000751. The molecule has 7 amide bonds. The van der Waals surface area contributed by atoms with E-state index in [1.807, 2.05) is 13.8 Å². The Hall–Kier alpha value is -5.51. The molecule has 2 aromatic carbocycles. The molecule has 10 N–H and O–H groups in total. The molecule has 53 heavy (non-hydrogen) atoms. The molecule has 16 heteroatoms. The minimum Gasteiger partial charge on any atom is -0.508 e. The van der Waals surface area contributed by atoms with Crippen molar-refractivity contribution in [2.24, 2.45) is 11.7 Å². The van der Waals surface area contributed by atoms with Crippen molar-refractivity contribution >= 4 is 41.4 Å². The highest BCUT2D eigenvalue weighted by Crippen LogP contribution is 2.13. The topological polar surface area (TPSA) is 250 Å². The molecule has 1 aliphatic heterocycles. The monoisotopic (exact) mass is 736 g/mol. The Kier molecular flexibility index (Phi) is 16.7. The summed E-state index contributed by atoms with van der Waals surface area (Å²) in [6.45, 7) is 4.45. The van der Waals surface area contributed by atoms with Crippen LogP contribution in [0, 0.1) is 5.92 Å². The SMILES string of the molecule is CC(C)C[C@@H]1NC(=O)[C@H](Cc2ccccc2)NC(=O)CNC(=O)CNC(=O)[C@H](Cc2ccc(O)cc2)NC(=O)[C@H](CCCCN)NC(=O)[C@H](C)NC1=O. The third kappa shape index (κ3) is 14.6. The standard InChI is InChI=1S/C37H52N8O8/c1-22(2)17-28-36(52)41-23(3)33(49)43-27(11-7-8-16-38)35(51)45-29(19-25-12-14-26(46)15-13-25)34(50)40-20-31(47)39-21-32(48)42-30(37(53)44-28)18-24-9-5-4-6-10-24/h4-6,9-10,12-15,22-23,27-30,46H,7-8,11,16-21,38H2,1-3H3,(H,39,47)(H,40,50)(H,41,52)(H,42,48)(H,43,49)(H,44,53)(H,45,51)/t23-,27-,28-,29-,30-/m0/s1. The fourth-order valence-electron chi connectivity index (χ4n) is 5.60. The van der Waals surface area contributed by atoms with Gasteiger partial charge in [-0.05, 0) is 68.3 Å². The highest BCUT2D eigenvalue weighted by Gasteiger charge is 2.32. The Morgan fingerprint density at radius 2 is 1.17 bits per heavy atom. The van der Waals surface area contributed by atoms with Gasteiger partial charge in [-0.2, -0.15) is 0 Å². The maximum atomic E-state index is 13.7. The van der Waals surface area contributed by atoms with E-state index >= 15 is 0 Å². The predicted octanol–water partition coefficient (Wildman–Crippen LogP) is -0.958. The van der Waals surface area contributed by atoms with Gasteiger partial charge in [0.25, 0.3) is 0 Å². The zero-order valence-corrected chi connectivity index (χ0v) is 30.4. The second-order valence-electron chi connectivity index (χ2n) is 13.5. The minimum atomic E-state index is -1.21. The predicted molar refractivity (Wildman–Crippen MR) is 196 cm³/mol. The number of unbranched alkanes of at least 4 members (excludes halogenated alkanes) is 1. The number of hydrogen-bond acceptors (Lipinski definition) is 9. The number of amides is 7. The van der Waals surface area contributed by atoms with Crippen LogP contribution < -0.4 is 43.0 Å². The molecule has 0 bridgehead atoms. The van der Waals surface area contributed by atoms with Gasteiger partial charge in [0, 0.05) is 12.8 Å². The van der Waals surface area contributed by atoms with E-state index in [2.05, 4.69) is 37.2 Å². The fourth-order valence-corrected chi connectivity index (χ4v) is 5.60. The van der Waals surface area contributed by atoms with Crippen LogP contribution in [0.15, 0.2) is 54.6 Å². The molecule has 0 aromatic heterocycles. The summed E-state index contributed by atoms with van der Waals surface area (Å²) >= 11 is 0. The van der Waals surface area contributed by atoms with Gasteiger partial charge >= 0.3 is 0 Å². The zero-order chi connectivity index (χ0) is 38.9. The Morgan fingerprint density at radius 1 is 0.623 bits per heavy atom. The van der Waals surface area contributed by atoms with Crippen molar-refractivity contribution in [1.29, 1.82) is 0 Å². The van der Waals surface area contributed by atoms with E-state index in [1.165, 1.54) is 19.1 Å². The number of nitrogens with two attached hydrogens (primary N) is 1. The molecule has 5 atom stereocenters. The van der Waals surface area contributed by atoms with Gasteiger partial charge < -0.3 is 48.1 Å². The van der Waals surface area contributed by atoms with Gasteiger partial charge in [-0.25, -0.2) is 0 Å². The molecule has 288 valence electrons. The fraction of sp³-hybridized carbons (Fsp3) is 0.486. The van der Waals surface area contributed by atoms with Crippen molar-refractivity contribution in [3.8, 4) is 5.75 Å². The van der Waals surface area contributed by atoms with Crippen LogP contribution in [-0.4, -0.2) is 96.3 Å². The van der Waals surface area contributed by atoms with Crippen molar-refractivity contribution in [2.45, 2.75) is 89.5 Å². The number of hydrogen-bond donors (Lipinski definition) is 9. The molecule has 1 fully saturated rings. The van der Waals surface area contributed by atoms with Crippen molar-refractivity contribution in [3.05, 3.63) is 65.7 Å². The molecule has 1 heterocycles. The quantitative estimate of drug-likeness (QED) is 0.136. The number of nitrogens with one attached hydrogen (secondary N) is 7. The second-order valence-corrected chi connectivity index (χ2v) is 13.5. The average Bonchev–Trinajstić information content (AvgIpc) is 3.12. The van der Waals surface area contributed by atoms with E-state index < -0.39 is 84.6 Å². The molecule has 0 radical (unpaired) electrons. The lowest BCUT2D eigenvalue weighted by Crippen LogP contribution is -2.59. The molecule has 0 saturated carbocycles. The number of phenolic OH excluding ortho intramolecular Hbond substituents is 1. The van der Waals surface area contributed by atoms with Gasteiger partial charge in [0.1, 0.15) is 36.0 Å². The van der Waals surface area contributed by atoms with Crippen LogP contribution in [-0.2, 0) is 46.4 Å². The summed E-state index contributed by atoms with van der Waals surface area (Å²) in [6, 6.07) is 9.22. The molecule has 0 unspecified atom stereocenters. The first-order chi connectivity index (χ1) is 25.2. The normalized spacial score (nSPS) is 23.0. The number of rotatable bonds is 10. The van der Waals surface area contributed by atoms with Crippen LogP contribution in [0.4, 0.5) is 0 Å². The maximum Gasteiger partial charge on any atom is 0.243 e. The highest BCUT2D eigenvalue weighted by molar-refractivity contribution is 5.97. The lowest BCUT2D eigenvalue weighted by atomic mass is 10.0. The van der Waals surface area contributed by atoms with Gasteiger partial charge in [0.15, 0.2) is 0 Å². The summed E-state index contributed by atoms with van der Waals surface area (Å²) in [5, 5.41) is 27.9. The highest BCUT2D eigenvalue weighted by atomic mass is 16.3. The summed E-state index contributed by atoms with van der Waals surface area (Å²) < 4.78 is 0. The van der Waals surface area contributed by atoms with Crippen LogP contribution in [0.3, 0.4) is 0 Å². The van der Waals surface area contributed by atoms with Crippen LogP contribution in [0.5, 0.6) is 5.75 Å². The van der Waals surface area contributed by atoms with Gasteiger partial charge in [0.05, 0.1) is 13.1 Å². The van der Waals surface area contributed by atoms with Crippen LogP contribution in [0.2, 0.25) is 0 Å². The van der Waals surface area contributed by atoms with Crippen molar-refractivity contribution < 1.29 is 38.7 Å². The van der Waals surface area contributed by atoms with Gasteiger partial charge in [-0.15, -0.1) is 0 Å². The van der Waals surface area contributed by atoms with Crippen LogP contribution >= 0.6 is 0 Å². The van der Waals surface area contributed by atoms with E-state index in [4.69, 9.17) is 5.73 Å². The largest absolute Gasteiger partial charge is 0.508 e. The first-order valence-electron chi connectivity index (χ1n) is 17.8. The summed E-state index contributed by atoms with van der Waals surface area (Å²) in [5.41, 5.74) is 6.98. The number of aromatic hydroxyl groups is 1. The third-order valence-electron chi connectivity index (χ3n) is 8.48. The lowest BCUT2D eigenvalue weighted by molar-refractivity contribution is -0.135. The molecule has 16 nitrogen and oxygen atoms in total. The Balaban J connectivity index is 1.94. The first kappa shape index (κ1) is 41.9. The first-order valence-corrected chi connectivity index (χ1v) is 17.8. The number of benzene rings is 2. The Morgan fingerprint density at radius 3 is 1.81 bits per heavy atom. The average molecular weight is 737 g/mol. The smallest absolute Gasteiger partial charge is 0.243 e. The van der Waals surface area contributed by atoms with E-state index in [1.54, 1.807) is 42.5 Å². The summed E-state index contributed by atoms with van der Waals surface area (Å²) in [4.78, 5) is 93.5. The molecule has 0 aliphatic carbocycles. The van der Waals surface area contributed by atoms with Crippen molar-refractivity contribution in [1.82, 2.24) is 37.2 Å². The molecule has 0 spiro atoms. The molecule has 1 aliphatic rings. The summed E-state index contributed by atoms with van der Waals surface area (Å²) in [5.74, 6) is -4.85. The third-order valence-corrected chi connectivity index (χ3v) is 8.48. The summed E-state index contributed by atoms with van der Waals surface area (Å²) in [6.07, 6.45) is 1.44. The zero-order valence-electron chi connectivity index (χ0n) is 30.4. The number of carbonyl (C=O) groups excluding carboxylic acids is 7. The number of phenols is 1. The van der Waals surface area contributed by atoms with Crippen molar-refractivity contribution in [2.75, 3.05) is 19.6 Å². The maximum absolute atomic E-state index is 13.7. The second kappa shape index (κ2) is 21.1. The molecular formula is C37H52N8O8. The van der Waals surface area contributed by atoms with Gasteiger partial charge in [-0.3, -0.25) is 33.6 Å². The Labute approximate surface area is 309 Å². The molecule has 2 aromatic rings. The van der Waals surface area contributed by atoms with Gasteiger partial charge in [0.2, 0.25) is 41.4 Å². The molecular weight excluding hydrogens is 684 g/mol. The van der Waals surface area contributed by atoms with Crippen molar-refractivity contribution in [3.63, 3.8) is 0 Å². The summed E-state index contributed by atoms with van der Waals surface area (Å²) in [7, 11) is 0. The van der Waals surface area contributed by atoms with Crippen LogP contribution in [0.1, 0.15) is 57.6 Å². The molecule has 1 saturated heterocycles. The van der Waals surface area contributed by atoms with Gasteiger partial charge in [-0.1, -0.05) is 56.3 Å².